The molecule has 28 heavy (non-hydrogen) atoms. The van der Waals surface area contributed by atoms with Gasteiger partial charge in [0.15, 0.2) is 11.5 Å². The fourth-order valence-corrected chi connectivity index (χ4v) is 3.04. The van der Waals surface area contributed by atoms with Gasteiger partial charge >= 0.3 is 0 Å². The maximum atomic E-state index is 13.2. The highest BCUT2D eigenvalue weighted by Crippen LogP contribution is 2.30. The SMILES string of the molecule is COc1ccc(NC(=O)Cc2c(C)nn(-c3ccc(F)cc3)c2C)cc1OC. The van der Waals surface area contributed by atoms with Gasteiger partial charge in [0.05, 0.1) is 32.0 Å². The summed E-state index contributed by atoms with van der Waals surface area (Å²) in [6, 6.07) is 11.3. The summed E-state index contributed by atoms with van der Waals surface area (Å²) in [5.74, 6) is 0.654. The fourth-order valence-electron chi connectivity index (χ4n) is 3.04. The molecule has 7 heteroatoms. The summed E-state index contributed by atoms with van der Waals surface area (Å²) in [6.45, 7) is 3.74. The van der Waals surface area contributed by atoms with Crippen LogP contribution in [0, 0.1) is 19.7 Å². The van der Waals surface area contributed by atoms with Gasteiger partial charge in [0.2, 0.25) is 5.91 Å². The first kappa shape index (κ1) is 19.4. The summed E-state index contributed by atoms with van der Waals surface area (Å²) < 4.78 is 25.3. The van der Waals surface area contributed by atoms with E-state index in [1.807, 2.05) is 13.8 Å². The highest BCUT2D eigenvalue weighted by molar-refractivity contribution is 5.92. The number of amides is 1. The molecule has 0 saturated carbocycles. The van der Waals surface area contributed by atoms with Crippen molar-refractivity contribution in [3.8, 4) is 17.2 Å². The van der Waals surface area contributed by atoms with Crippen LogP contribution in [0.25, 0.3) is 5.69 Å². The predicted octanol–water partition coefficient (Wildman–Crippen LogP) is 3.83. The zero-order valence-electron chi connectivity index (χ0n) is 16.2. The molecule has 6 nitrogen and oxygen atoms in total. The number of aryl methyl sites for hydroxylation is 1. The molecule has 0 fully saturated rings. The molecule has 0 spiro atoms. The second-order valence-corrected chi connectivity index (χ2v) is 6.33. The lowest BCUT2D eigenvalue weighted by molar-refractivity contribution is -0.115. The molecule has 146 valence electrons. The molecule has 0 radical (unpaired) electrons. The first-order valence-electron chi connectivity index (χ1n) is 8.76. The maximum Gasteiger partial charge on any atom is 0.228 e. The monoisotopic (exact) mass is 383 g/mol. The van der Waals surface area contributed by atoms with Gasteiger partial charge < -0.3 is 14.8 Å². The van der Waals surface area contributed by atoms with Crippen molar-refractivity contribution in [3.05, 3.63) is 65.2 Å². The molecule has 0 saturated heterocycles. The number of methoxy groups -OCH3 is 2. The molecule has 0 bridgehead atoms. The number of nitrogens with one attached hydrogen (secondary N) is 1. The van der Waals surface area contributed by atoms with Crippen LogP contribution in [-0.4, -0.2) is 29.9 Å². The van der Waals surface area contributed by atoms with Gasteiger partial charge in [-0.25, -0.2) is 9.07 Å². The summed E-state index contributed by atoms with van der Waals surface area (Å²) in [6.07, 6.45) is 0.174. The van der Waals surface area contributed by atoms with Crippen molar-refractivity contribution in [3.63, 3.8) is 0 Å². The van der Waals surface area contributed by atoms with Crippen LogP contribution in [0.2, 0.25) is 0 Å². The quantitative estimate of drug-likeness (QED) is 0.703. The molecular weight excluding hydrogens is 361 g/mol. The van der Waals surface area contributed by atoms with Gasteiger partial charge in [0.25, 0.3) is 0 Å². The van der Waals surface area contributed by atoms with Crippen LogP contribution in [0.1, 0.15) is 17.0 Å². The number of anilines is 1. The van der Waals surface area contributed by atoms with Crippen molar-refractivity contribution in [2.75, 3.05) is 19.5 Å². The van der Waals surface area contributed by atoms with Crippen LogP contribution < -0.4 is 14.8 Å². The van der Waals surface area contributed by atoms with Gasteiger partial charge in [-0.3, -0.25) is 4.79 Å². The molecule has 2 aromatic carbocycles. The standard InChI is InChI=1S/C21H22FN3O3/c1-13-18(14(2)25(24-13)17-8-5-15(22)6-9-17)12-21(26)23-16-7-10-19(27-3)20(11-16)28-4/h5-11H,12H2,1-4H3,(H,23,26). The largest absolute Gasteiger partial charge is 0.493 e. The molecule has 0 atom stereocenters. The number of nitrogens with zero attached hydrogens (tertiary/aromatic N) is 2. The molecule has 1 N–H and O–H groups in total. The van der Waals surface area contributed by atoms with Gasteiger partial charge in [-0.05, 0) is 50.2 Å². The van der Waals surface area contributed by atoms with Gasteiger partial charge in [0, 0.05) is 23.0 Å². The van der Waals surface area contributed by atoms with Crippen LogP contribution in [0.15, 0.2) is 42.5 Å². The third-order valence-electron chi connectivity index (χ3n) is 4.52. The number of hydrogen-bond donors (Lipinski definition) is 1. The van der Waals surface area contributed by atoms with E-state index in [0.717, 1.165) is 22.6 Å². The van der Waals surface area contributed by atoms with Gasteiger partial charge in [-0.2, -0.15) is 5.10 Å². The van der Waals surface area contributed by atoms with E-state index in [1.54, 1.807) is 49.2 Å². The first-order chi connectivity index (χ1) is 13.4. The third-order valence-corrected chi connectivity index (χ3v) is 4.52. The fraction of sp³-hybridized carbons (Fsp3) is 0.238. The number of carbonyl (C=O) groups excluding carboxylic acids is 1. The van der Waals surface area contributed by atoms with E-state index in [2.05, 4.69) is 10.4 Å². The minimum atomic E-state index is -0.306. The van der Waals surface area contributed by atoms with Crippen LogP contribution in [-0.2, 0) is 11.2 Å². The molecule has 0 aliphatic heterocycles. The second-order valence-electron chi connectivity index (χ2n) is 6.33. The summed E-state index contributed by atoms with van der Waals surface area (Å²) in [7, 11) is 3.10. The number of aromatic nitrogens is 2. The zero-order valence-corrected chi connectivity index (χ0v) is 16.2. The van der Waals surface area contributed by atoms with E-state index in [-0.39, 0.29) is 18.1 Å². The summed E-state index contributed by atoms with van der Waals surface area (Å²) in [4.78, 5) is 12.6. The molecule has 0 aliphatic carbocycles. The maximum absolute atomic E-state index is 13.2. The zero-order chi connectivity index (χ0) is 20.3. The average Bonchev–Trinajstić information content (AvgIpc) is 2.96. The topological polar surface area (TPSA) is 65.4 Å². The minimum Gasteiger partial charge on any atom is -0.493 e. The van der Waals surface area contributed by atoms with Crippen molar-refractivity contribution < 1.29 is 18.7 Å². The Morgan fingerprint density at radius 1 is 1.07 bits per heavy atom. The lowest BCUT2D eigenvalue weighted by Crippen LogP contribution is -2.15. The number of benzene rings is 2. The minimum absolute atomic E-state index is 0.169. The van der Waals surface area contributed by atoms with E-state index in [1.165, 1.54) is 12.1 Å². The van der Waals surface area contributed by atoms with Crippen molar-refractivity contribution in [1.29, 1.82) is 0 Å². The Hall–Kier alpha value is -3.35. The normalized spacial score (nSPS) is 10.6. The van der Waals surface area contributed by atoms with E-state index in [9.17, 15) is 9.18 Å². The Kier molecular flexibility index (Phi) is 5.63. The van der Waals surface area contributed by atoms with Gasteiger partial charge in [-0.1, -0.05) is 0 Å². The van der Waals surface area contributed by atoms with Gasteiger partial charge in [-0.15, -0.1) is 0 Å². The lowest BCUT2D eigenvalue weighted by atomic mass is 10.1. The van der Waals surface area contributed by atoms with Crippen LogP contribution in [0.5, 0.6) is 11.5 Å². The van der Waals surface area contributed by atoms with Crippen molar-refractivity contribution in [1.82, 2.24) is 9.78 Å². The average molecular weight is 383 g/mol. The molecule has 1 aromatic heterocycles. The van der Waals surface area contributed by atoms with Crippen molar-refractivity contribution >= 4 is 11.6 Å². The Morgan fingerprint density at radius 3 is 2.39 bits per heavy atom. The Balaban J connectivity index is 1.78. The van der Waals surface area contributed by atoms with E-state index < -0.39 is 0 Å². The number of rotatable bonds is 6. The molecule has 0 unspecified atom stereocenters. The summed E-state index contributed by atoms with van der Waals surface area (Å²) in [5, 5.41) is 7.36. The van der Waals surface area contributed by atoms with E-state index in [4.69, 9.17) is 9.47 Å². The number of hydrogen-bond acceptors (Lipinski definition) is 4. The molecule has 1 heterocycles. The Labute approximate surface area is 162 Å². The number of carbonyl (C=O) groups is 1. The first-order valence-corrected chi connectivity index (χ1v) is 8.76. The van der Waals surface area contributed by atoms with E-state index in [0.29, 0.717) is 17.2 Å². The summed E-state index contributed by atoms with van der Waals surface area (Å²) >= 11 is 0. The molecule has 1 amide bonds. The predicted molar refractivity (Wildman–Crippen MR) is 105 cm³/mol. The smallest absolute Gasteiger partial charge is 0.228 e. The molecule has 3 aromatic rings. The lowest BCUT2D eigenvalue weighted by Gasteiger charge is -2.11. The van der Waals surface area contributed by atoms with Crippen molar-refractivity contribution in [2.45, 2.75) is 20.3 Å². The summed E-state index contributed by atoms with van der Waals surface area (Å²) in [5.41, 5.74) is 3.79. The Morgan fingerprint density at radius 2 is 1.75 bits per heavy atom. The Bertz CT molecular complexity index is 997. The van der Waals surface area contributed by atoms with Crippen LogP contribution in [0.3, 0.4) is 0 Å². The molecular formula is C21H22FN3O3. The highest BCUT2D eigenvalue weighted by atomic mass is 19.1. The molecule has 3 rings (SSSR count). The second kappa shape index (κ2) is 8.12. The third kappa shape index (κ3) is 3.98. The number of halogens is 1. The van der Waals surface area contributed by atoms with E-state index >= 15 is 0 Å². The number of ether oxygens (including phenoxy) is 2. The van der Waals surface area contributed by atoms with Crippen LogP contribution >= 0.6 is 0 Å². The highest BCUT2D eigenvalue weighted by Gasteiger charge is 2.16. The van der Waals surface area contributed by atoms with Gasteiger partial charge in [0.1, 0.15) is 5.82 Å². The van der Waals surface area contributed by atoms with Crippen molar-refractivity contribution in [2.24, 2.45) is 0 Å². The molecule has 0 aliphatic rings. The van der Waals surface area contributed by atoms with Crippen LogP contribution in [0.4, 0.5) is 10.1 Å².